The maximum Gasteiger partial charge on any atom is 0.178 e. The summed E-state index contributed by atoms with van der Waals surface area (Å²) in [5, 5.41) is 9.73. The first-order chi connectivity index (χ1) is 7.13. The van der Waals surface area contributed by atoms with Gasteiger partial charge in [0.2, 0.25) is 0 Å². The molecule has 80 valence electrons. The molecule has 0 spiro atoms. The lowest BCUT2D eigenvalue weighted by molar-refractivity contribution is 0.464. The fourth-order valence-electron chi connectivity index (χ4n) is 1.71. The summed E-state index contributed by atoms with van der Waals surface area (Å²) < 4.78 is 0. The minimum atomic E-state index is 0.259. The van der Waals surface area contributed by atoms with Gasteiger partial charge >= 0.3 is 0 Å². The molecular weight excluding hydrogens is 190 g/mol. The number of H-pyrrole nitrogens is 1. The third kappa shape index (κ3) is 1.56. The van der Waals surface area contributed by atoms with Gasteiger partial charge in [-0.3, -0.25) is 0 Å². The number of hydrogen-bond donors (Lipinski definition) is 2. The van der Waals surface area contributed by atoms with Crippen molar-refractivity contribution in [3.8, 4) is 5.75 Å². The molecule has 0 aliphatic heterocycles. The van der Waals surface area contributed by atoms with Gasteiger partial charge in [-0.2, -0.15) is 0 Å². The molecule has 2 rings (SSSR count). The summed E-state index contributed by atoms with van der Waals surface area (Å²) in [4.78, 5) is 11.8. The van der Waals surface area contributed by atoms with Gasteiger partial charge in [-0.15, -0.1) is 0 Å². The van der Waals surface area contributed by atoms with Gasteiger partial charge in [-0.1, -0.05) is 6.92 Å². The Bertz CT molecular complexity index is 502. The van der Waals surface area contributed by atoms with Gasteiger partial charge in [0.15, 0.2) is 5.65 Å². The fraction of sp³-hybridized carbons (Fsp3) is 0.455. The number of nitrogens with zero attached hydrogens (tertiary/aromatic N) is 2. The van der Waals surface area contributed by atoms with Crippen molar-refractivity contribution in [3.05, 3.63) is 17.1 Å². The largest absolute Gasteiger partial charge is 0.506 e. The van der Waals surface area contributed by atoms with Gasteiger partial charge in [0.05, 0.1) is 11.2 Å². The van der Waals surface area contributed by atoms with Crippen LogP contribution in [-0.4, -0.2) is 20.1 Å². The zero-order valence-corrected chi connectivity index (χ0v) is 9.26. The zero-order valence-electron chi connectivity index (χ0n) is 9.26. The van der Waals surface area contributed by atoms with Crippen molar-refractivity contribution in [3.63, 3.8) is 0 Å². The van der Waals surface area contributed by atoms with E-state index < -0.39 is 0 Å². The number of aromatic nitrogens is 3. The standard InChI is InChI=1S/C11H15N3O/c1-4-5-8-13-9-6(2)10(15)7(3)12-11(9)14-8/h15H,4-5H2,1-3H3,(H,12,13,14). The monoisotopic (exact) mass is 205 g/mol. The summed E-state index contributed by atoms with van der Waals surface area (Å²) in [7, 11) is 0. The molecule has 0 aromatic carbocycles. The Morgan fingerprint density at radius 2 is 2.00 bits per heavy atom. The predicted octanol–water partition coefficient (Wildman–Crippen LogP) is 2.23. The lowest BCUT2D eigenvalue weighted by Gasteiger charge is -2.01. The van der Waals surface area contributed by atoms with E-state index in [4.69, 9.17) is 0 Å². The molecule has 0 unspecified atom stereocenters. The average molecular weight is 205 g/mol. The summed E-state index contributed by atoms with van der Waals surface area (Å²) in [6.07, 6.45) is 1.96. The highest BCUT2D eigenvalue weighted by Crippen LogP contribution is 2.26. The van der Waals surface area contributed by atoms with Crippen LogP contribution in [0.15, 0.2) is 0 Å². The first kappa shape index (κ1) is 9.96. The summed E-state index contributed by atoms with van der Waals surface area (Å²) in [6.45, 7) is 5.77. The summed E-state index contributed by atoms with van der Waals surface area (Å²) in [5.74, 6) is 1.20. The molecule has 0 aliphatic carbocycles. The summed E-state index contributed by atoms with van der Waals surface area (Å²) in [5.41, 5.74) is 3.01. The van der Waals surface area contributed by atoms with E-state index in [-0.39, 0.29) is 5.75 Å². The summed E-state index contributed by atoms with van der Waals surface area (Å²) in [6, 6.07) is 0. The molecule has 0 amide bonds. The molecular formula is C11H15N3O. The topological polar surface area (TPSA) is 61.8 Å². The number of hydrogen-bond acceptors (Lipinski definition) is 3. The fourth-order valence-corrected chi connectivity index (χ4v) is 1.71. The second kappa shape index (κ2) is 3.53. The van der Waals surface area contributed by atoms with Crippen molar-refractivity contribution in [2.45, 2.75) is 33.6 Å². The molecule has 0 fully saturated rings. The van der Waals surface area contributed by atoms with E-state index in [0.29, 0.717) is 11.3 Å². The smallest absolute Gasteiger partial charge is 0.178 e. The first-order valence-corrected chi connectivity index (χ1v) is 5.18. The van der Waals surface area contributed by atoms with Crippen LogP contribution in [-0.2, 0) is 6.42 Å². The van der Waals surface area contributed by atoms with Gasteiger partial charge in [-0.25, -0.2) is 9.97 Å². The maximum absolute atomic E-state index is 9.73. The lowest BCUT2D eigenvalue weighted by atomic mass is 10.2. The highest BCUT2D eigenvalue weighted by molar-refractivity contribution is 5.77. The first-order valence-electron chi connectivity index (χ1n) is 5.18. The van der Waals surface area contributed by atoms with Crippen LogP contribution >= 0.6 is 0 Å². The van der Waals surface area contributed by atoms with E-state index in [1.165, 1.54) is 0 Å². The number of imidazole rings is 1. The number of nitrogens with one attached hydrogen (secondary N) is 1. The van der Waals surface area contributed by atoms with Crippen LogP contribution in [0.1, 0.15) is 30.4 Å². The Morgan fingerprint density at radius 1 is 1.27 bits per heavy atom. The molecule has 4 heteroatoms. The van der Waals surface area contributed by atoms with E-state index in [1.807, 2.05) is 6.92 Å². The molecule has 0 saturated carbocycles. The van der Waals surface area contributed by atoms with Crippen molar-refractivity contribution in [1.29, 1.82) is 0 Å². The molecule has 0 bridgehead atoms. The highest BCUT2D eigenvalue weighted by atomic mass is 16.3. The Balaban J connectivity index is 2.65. The third-order valence-corrected chi connectivity index (χ3v) is 2.57. The normalized spacial score (nSPS) is 11.1. The van der Waals surface area contributed by atoms with Crippen LogP contribution in [0.5, 0.6) is 5.75 Å². The quantitative estimate of drug-likeness (QED) is 0.790. The third-order valence-electron chi connectivity index (χ3n) is 2.57. The van der Waals surface area contributed by atoms with E-state index in [2.05, 4.69) is 21.9 Å². The number of aryl methyl sites for hydroxylation is 3. The number of pyridine rings is 1. The second-order valence-corrected chi connectivity index (χ2v) is 3.80. The minimum absolute atomic E-state index is 0.259. The van der Waals surface area contributed by atoms with Crippen LogP contribution in [0.2, 0.25) is 0 Å². The van der Waals surface area contributed by atoms with Gasteiger partial charge in [0.1, 0.15) is 11.6 Å². The van der Waals surface area contributed by atoms with Crippen LogP contribution in [0, 0.1) is 13.8 Å². The molecule has 2 aromatic rings. The summed E-state index contributed by atoms with van der Waals surface area (Å²) >= 11 is 0. The molecule has 0 radical (unpaired) electrons. The minimum Gasteiger partial charge on any atom is -0.506 e. The Morgan fingerprint density at radius 3 is 2.67 bits per heavy atom. The van der Waals surface area contributed by atoms with Crippen LogP contribution in [0.3, 0.4) is 0 Å². The Labute approximate surface area is 88.4 Å². The van der Waals surface area contributed by atoms with Gasteiger partial charge in [-0.05, 0) is 20.3 Å². The van der Waals surface area contributed by atoms with Crippen LogP contribution in [0.4, 0.5) is 0 Å². The van der Waals surface area contributed by atoms with E-state index in [0.717, 1.165) is 29.7 Å². The molecule has 15 heavy (non-hydrogen) atoms. The second-order valence-electron chi connectivity index (χ2n) is 3.80. The molecule has 4 nitrogen and oxygen atoms in total. The van der Waals surface area contributed by atoms with Crippen LogP contribution < -0.4 is 0 Å². The number of fused-ring (bicyclic) bond motifs is 1. The van der Waals surface area contributed by atoms with E-state index >= 15 is 0 Å². The van der Waals surface area contributed by atoms with E-state index in [9.17, 15) is 5.11 Å². The van der Waals surface area contributed by atoms with Crippen molar-refractivity contribution in [1.82, 2.24) is 15.0 Å². The van der Waals surface area contributed by atoms with Crippen molar-refractivity contribution in [2.24, 2.45) is 0 Å². The molecule has 0 atom stereocenters. The maximum atomic E-state index is 9.73. The molecule has 2 heterocycles. The Hall–Kier alpha value is -1.58. The number of aromatic hydroxyl groups is 1. The molecule has 0 aliphatic rings. The van der Waals surface area contributed by atoms with Gasteiger partial charge in [0, 0.05) is 12.0 Å². The Kier molecular flexibility index (Phi) is 2.34. The van der Waals surface area contributed by atoms with Crippen LogP contribution in [0.25, 0.3) is 11.2 Å². The van der Waals surface area contributed by atoms with Gasteiger partial charge < -0.3 is 10.1 Å². The van der Waals surface area contributed by atoms with Gasteiger partial charge in [0.25, 0.3) is 0 Å². The molecule has 0 saturated heterocycles. The van der Waals surface area contributed by atoms with E-state index in [1.54, 1.807) is 6.92 Å². The predicted molar refractivity (Wildman–Crippen MR) is 59.0 cm³/mol. The van der Waals surface area contributed by atoms with Crippen molar-refractivity contribution in [2.75, 3.05) is 0 Å². The number of aromatic amines is 1. The lowest BCUT2D eigenvalue weighted by Crippen LogP contribution is -1.88. The molecule has 2 N–H and O–H groups in total. The average Bonchev–Trinajstić information content (AvgIpc) is 2.58. The zero-order chi connectivity index (χ0) is 11.0. The highest BCUT2D eigenvalue weighted by Gasteiger charge is 2.11. The van der Waals surface area contributed by atoms with Crippen molar-refractivity contribution < 1.29 is 5.11 Å². The number of rotatable bonds is 2. The SMILES string of the molecule is CCCc1nc2nc(C)c(O)c(C)c2[nH]1. The van der Waals surface area contributed by atoms with Crippen molar-refractivity contribution >= 4 is 11.2 Å². The molecule has 2 aromatic heterocycles.